The average molecular weight is 344 g/mol. The smallest absolute Gasteiger partial charge is 0.215 e. The van der Waals surface area contributed by atoms with Gasteiger partial charge in [0.2, 0.25) is 5.95 Å². The van der Waals surface area contributed by atoms with Crippen LogP contribution in [0.1, 0.15) is 44.4 Å². The predicted molar refractivity (Wildman–Crippen MR) is 95.0 cm³/mol. The predicted octanol–water partition coefficient (Wildman–Crippen LogP) is 3.72. The number of pyridine rings is 1. The summed E-state index contributed by atoms with van der Waals surface area (Å²) in [6.07, 6.45) is 5.38. The van der Waals surface area contributed by atoms with Gasteiger partial charge in [-0.1, -0.05) is 13.8 Å². The van der Waals surface area contributed by atoms with Gasteiger partial charge >= 0.3 is 0 Å². The van der Waals surface area contributed by atoms with Crippen molar-refractivity contribution >= 4 is 5.82 Å². The zero-order valence-corrected chi connectivity index (χ0v) is 14.9. The zero-order chi connectivity index (χ0) is 17.4. The Morgan fingerprint density at radius 3 is 3.08 bits per heavy atom. The number of H-pyrrole nitrogens is 1. The van der Waals surface area contributed by atoms with Crippen LogP contribution in [0.3, 0.4) is 0 Å². The minimum atomic E-state index is -0.486. The van der Waals surface area contributed by atoms with Crippen LogP contribution in [-0.4, -0.2) is 34.4 Å². The molecule has 4 rings (SSSR count). The third-order valence-corrected chi connectivity index (χ3v) is 5.26. The number of nitrogens with one attached hydrogen (secondary N) is 2. The summed E-state index contributed by atoms with van der Waals surface area (Å²) >= 11 is 0. The van der Waals surface area contributed by atoms with Crippen LogP contribution in [0.25, 0.3) is 11.3 Å². The zero-order valence-electron chi connectivity index (χ0n) is 14.9. The third kappa shape index (κ3) is 3.54. The van der Waals surface area contributed by atoms with Gasteiger partial charge < -0.3 is 10.1 Å². The summed E-state index contributed by atoms with van der Waals surface area (Å²) in [7, 11) is 0. The number of nitrogens with zero attached hydrogens (tertiary/aromatic N) is 2. The summed E-state index contributed by atoms with van der Waals surface area (Å²) in [4.78, 5) is 3.97. The largest absolute Gasteiger partial charge is 0.376 e. The average Bonchev–Trinajstić information content (AvgIpc) is 3.20. The van der Waals surface area contributed by atoms with Gasteiger partial charge in [0, 0.05) is 36.0 Å². The lowest BCUT2D eigenvalue weighted by Crippen LogP contribution is -2.22. The number of halogens is 1. The SMILES string of the molecule is CC1(C)CCc2c(-c3cc(F)nc(NCC4CCCO4)c3)n[nH]c2C1. The number of ether oxygens (including phenoxy) is 1. The standard InChI is InChI=1S/C19H25FN4O/c1-19(2)6-5-14-15(10-19)23-24-18(14)12-8-16(20)22-17(9-12)21-11-13-4-3-7-25-13/h8-9,13H,3-7,10-11H2,1-2H3,(H,21,22)(H,23,24). The maximum Gasteiger partial charge on any atom is 0.215 e. The molecule has 1 atom stereocenters. The van der Waals surface area contributed by atoms with Crippen molar-refractivity contribution in [3.05, 3.63) is 29.3 Å². The molecule has 0 aromatic carbocycles. The summed E-state index contributed by atoms with van der Waals surface area (Å²) in [6.45, 7) is 6.01. The van der Waals surface area contributed by atoms with E-state index in [9.17, 15) is 4.39 Å². The van der Waals surface area contributed by atoms with Gasteiger partial charge in [-0.25, -0.2) is 4.98 Å². The molecule has 2 N–H and O–H groups in total. The Labute approximate surface area is 147 Å². The molecular formula is C19H25FN4O. The van der Waals surface area contributed by atoms with Gasteiger partial charge in [-0.2, -0.15) is 9.49 Å². The molecule has 0 radical (unpaired) electrons. The van der Waals surface area contributed by atoms with Crippen molar-refractivity contribution in [1.82, 2.24) is 15.2 Å². The molecule has 0 bridgehead atoms. The van der Waals surface area contributed by atoms with Crippen molar-refractivity contribution in [3.8, 4) is 11.3 Å². The van der Waals surface area contributed by atoms with E-state index in [0.717, 1.165) is 50.0 Å². The van der Waals surface area contributed by atoms with Crippen LogP contribution in [0.4, 0.5) is 10.2 Å². The molecule has 1 aliphatic heterocycles. The molecule has 6 heteroatoms. The van der Waals surface area contributed by atoms with E-state index in [-0.39, 0.29) is 11.5 Å². The summed E-state index contributed by atoms with van der Waals surface area (Å²) < 4.78 is 19.7. The minimum Gasteiger partial charge on any atom is -0.376 e. The second-order valence-electron chi connectivity index (χ2n) is 7.95. The lowest BCUT2D eigenvalue weighted by Gasteiger charge is -2.29. The fourth-order valence-corrected chi connectivity index (χ4v) is 3.83. The number of aromatic nitrogens is 3. The molecule has 0 spiro atoms. The molecule has 0 saturated carbocycles. The Morgan fingerprint density at radius 1 is 1.40 bits per heavy atom. The first kappa shape index (κ1) is 16.5. The molecule has 1 aliphatic carbocycles. The molecule has 1 unspecified atom stereocenters. The molecule has 5 nitrogen and oxygen atoms in total. The fourth-order valence-electron chi connectivity index (χ4n) is 3.83. The Hall–Kier alpha value is -1.95. The van der Waals surface area contributed by atoms with E-state index in [1.807, 2.05) is 6.07 Å². The fraction of sp³-hybridized carbons (Fsp3) is 0.579. The van der Waals surface area contributed by atoms with Crippen LogP contribution in [-0.2, 0) is 17.6 Å². The van der Waals surface area contributed by atoms with Gasteiger partial charge in [-0.15, -0.1) is 0 Å². The Kier molecular flexibility index (Phi) is 4.23. The number of anilines is 1. The number of hydrogen-bond acceptors (Lipinski definition) is 4. The Morgan fingerprint density at radius 2 is 2.28 bits per heavy atom. The summed E-state index contributed by atoms with van der Waals surface area (Å²) in [6, 6.07) is 3.35. The van der Waals surface area contributed by atoms with Gasteiger partial charge in [-0.05, 0) is 43.6 Å². The number of hydrogen-bond donors (Lipinski definition) is 2. The quantitative estimate of drug-likeness (QED) is 0.830. The van der Waals surface area contributed by atoms with Crippen molar-refractivity contribution in [2.75, 3.05) is 18.5 Å². The first-order valence-corrected chi connectivity index (χ1v) is 9.10. The second kappa shape index (κ2) is 6.41. The lowest BCUT2D eigenvalue weighted by molar-refractivity contribution is 0.120. The molecule has 0 amide bonds. The van der Waals surface area contributed by atoms with E-state index >= 15 is 0 Å². The van der Waals surface area contributed by atoms with Crippen LogP contribution in [0.2, 0.25) is 0 Å². The van der Waals surface area contributed by atoms with E-state index < -0.39 is 5.95 Å². The first-order chi connectivity index (χ1) is 12.0. The molecule has 2 aromatic rings. The number of rotatable bonds is 4. The summed E-state index contributed by atoms with van der Waals surface area (Å²) in [5.74, 6) is 0.0543. The highest BCUT2D eigenvalue weighted by molar-refractivity contribution is 5.67. The Bertz CT molecular complexity index is 765. The molecule has 2 aromatic heterocycles. The van der Waals surface area contributed by atoms with E-state index in [1.165, 1.54) is 17.3 Å². The monoisotopic (exact) mass is 344 g/mol. The highest BCUT2D eigenvalue weighted by Crippen LogP contribution is 2.38. The second-order valence-corrected chi connectivity index (χ2v) is 7.95. The lowest BCUT2D eigenvalue weighted by atomic mass is 9.76. The minimum absolute atomic E-state index is 0.189. The summed E-state index contributed by atoms with van der Waals surface area (Å²) in [5, 5.41) is 10.9. The maximum absolute atomic E-state index is 14.1. The normalized spacial score (nSPS) is 22.0. The highest BCUT2D eigenvalue weighted by atomic mass is 19.1. The van der Waals surface area contributed by atoms with E-state index in [1.54, 1.807) is 0 Å². The van der Waals surface area contributed by atoms with Gasteiger partial charge in [0.15, 0.2) is 0 Å². The molecule has 1 saturated heterocycles. The van der Waals surface area contributed by atoms with Crippen molar-refractivity contribution in [2.45, 2.75) is 52.1 Å². The molecule has 3 heterocycles. The molecule has 2 aliphatic rings. The van der Waals surface area contributed by atoms with Crippen LogP contribution >= 0.6 is 0 Å². The summed E-state index contributed by atoms with van der Waals surface area (Å²) in [5.41, 5.74) is 4.31. The van der Waals surface area contributed by atoms with Gasteiger partial charge in [-0.3, -0.25) is 5.10 Å². The molecule has 25 heavy (non-hydrogen) atoms. The van der Waals surface area contributed by atoms with E-state index in [2.05, 4.69) is 34.3 Å². The topological polar surface area (TPSA) is 62.8 Å². The molecule has 134 valence electrons. The highest BCUT2D eigenvalue weighted by Gasteiger charge is 2.29. The maximum atomic E-state index is 14.1. The van der Waals surface area contributed by atoms with Crippen molar-refractivity contribution in [2.24, 2.45) is 5.41 Å². The number of aromatic amines is 1. The third-order valence-electron chi connectivity index (χ3n) is 5.26. The Balaban J connectivity index is 1.57. The molecular weight excluding hydrogens is 319 g/mol. The van der Waals surface area contributed by atoms with Crippen LogP contribution < -0.4 is 5.32 Å². The van der Waals surface area contributed by atoms with E-state index in [4.69, 9.17) is 4.74 Å². The van der Waals surface area contributed by atoms with Gasteiger partial charge in [0.1, 0.15) is 5.82 Å². The molecule has 1 fully saturated rings. The number of fused-ring (bicyclic) bond motifs is 1. The van der Waals surface area contributed by atoms with Gasteiger partial charge in [0.05, 0.1) is 11.8 Å². The van der Waals surface area contributed by atoms with Crippen molar-refractivity contribution in [1.29, 1.82) is 0 Å². The first-order valence-electron chi connectivity index (χ1n) is 9.10. The van der Waals surface area contributed by atoms with Crippen LogP contribution in [0.15, 0.2) is 12.1 Å². The van der Waals surface area contributed by atoms with Crippen LogP contribution in [0.5, 0.6) is 0 Å². The van der Waals surface area contributed by atoms with Crippen molar-refractivity contribution in [3.63, 3.8) is 0 Å². The van der Waals surface area contributed by atoms with Crippen molar-refractivity contribution < 1.29 is 9.13 Å². The van der Waals surface area contributed by atoms with E-state index in [0.29, 0.717) is 12.4 Å². The van der Waals surface area contributed by atoms with Crippen LogP contribution in [0, 0.1) is 11.4 Å². The van der Waals surface area contributed by atoms with Gasteiger partial charge in [0.25, 0.3) is 0 Å².